The molecule has 0 aliphatic heterocycles. The number of halogens is 1. The minimum Gasteiger partial charge on any atom is -0.463 e. The number of benzene rings is 1. The summed E-state index contributed by atoms with van der Waals surface area (Å²) in [6, 6.07) is 6.47. The van der Waals surface area contributed by atoms with Gasteiger partial charge in [-0.05, 0) is 19.1 Å². The summed E-state index contributed by atoms with van der Waals surface area (Å²) in [5.74, 6) is 1.18. The number of hydrogen-bond acceptors (Lipinski definition) is 5. The Labute approximate surface area is 97.4 Å². The van der Waals surface area contributed by atoms with Crippen LogP contribution in [0.5, 0.6) is 5.75 Å². The van der Waals surface area contributed by atoms with E-state index in [0.717, 1.165) is 0 Å². The Kier molecular flexibility index (Phi) is 3.34. The number of ether oxygens (including phenoxy) is 1. The topological polar surface area (TPSA) is 74.2 Å². The molecule has 90 valence electrons. The molecule has 6 heteroatoms. The molecule has 1 aromatic carbocycles. The normalized spacial score (nSPS) is 12.4. The van der Waals surface area contributed by atoms with E-state index in [4.69, 9.17) is 15.0 Å². The second-order valence-corrected chi connectivity index (χ2v) is 3.53. The van der Waals surface area contributed by atoms with Crippen LogP contribution in [0.1, 0.15) is 18.9 Å². The molecule has 1 heterocycles. The lowest BCUT2D eigenvalue weighted by Crippen LogP contribution is -2.04. The molecule has 0 aliphatic carbocycles. The predicted molar refractivity (Wildman–Crippen MR) is 58.9 cm³/mol. The predicted octanol–water partition coefficient (Wildman–Crippen LogP) is 2.06. The summed E-state index contributed by atoms with van der Waals surface area (Å²) in [6.45, 7) is 0.876. The van der Waals surface area contributed by atoms with E-state index in [0.29, 0.717) is 23.0 Å². The quantitative estimate of drug-likeness (QED) is 0.880. The Morgan fingerprint density at radius 2 is 2.35 bits per heavy atom. The van der Waals surface area contributed by atoms with Gasteiger partial charge in [0.05, 0.1) is 6.04 Å². The third-order valence-electron chi connectivity index (χ3n) is 2.14. The Hall–Kier alpha value is -1.95. The fraction of sp³-hybridized carbons (Fsp3) is 0.273. The summed E-state index contributed by atoms with van der Waals surface area (Å²) in [6.07, 6.45) is 0. The van der Waals surface area contributed by atoms with Crippen LogP contribution in [0.2, 0.25) is 0 Å². The van der Waals surface area contributed by atoms with Gasteiger partial charge in [-0.3, -0.25) is 0 Å². The van der Waals surface area contributed by atoms with Gasteiger partial charge in [0.25, 0.3) is 0 Å². The third kappa shape index (κ3) is 2.59. The zero-order valence-electron chi connectivity index (χ0n) is 9.26. The Morgan fingerprint density at radius 1 is 1.53 bits per heavy atom. The highest BCUT2D eigenvalue weighted by Gasteiger charge is 2.12. The van der Waals surface area contributed by atoms with Crippen LogP contribution in [0, 0.1) is 0 Å². The summed E-state index contributed by atoms with van der Waals surface area (Å²) in [5.41, 5.74) is 6.30. The van der Waals surface area contributed by atoms with Crippen LogP contribution in [0.4, 0.5) is 4.39 Å². The molecule has 1 atom stereocenters. The fourth-order valence-electron chi connectivity index (χ4n) is 1.33. The van der Waals surface area contributed by atoms with E-state index in [-0.39, 0.29) is 6.04 Å². The van der Waals surface area contributed by atoms with Gasteiger partial charge in [0.1, 0.15) is 5.75 Å². The molecule has 2 aromatic rings. The molecule has 2 rings (SSSR count). The highest BCUT2D eigenvalue weighted by atomic mass is 19.1. The SMILES string of the molecule is C[C@H](N)c1nc(-c2cccc(OCF)c2)no1. The Bertz CT molecular complexity index is 499. The molecule has 0 aliphatic rings. The summed E-state index contributed by atoms with van der Waals surface area (Å²) in [7, 11) is 0. The van der Waals surface area contributed by atoms with Crippen LogP contribution < -0.4 is 10.5 Å². The first kappa shape index (κ1) is 11.5. The summed E-state index contributed by atoms with van der Waals surface area (Å²) < 4.78 is 21.8. The summed E-state index contributed by atoms with van der Waals surface area (Å²) in [4.78, 5) is 4.13. The van der Waals surface area contributed by atoms with Gasteiger partial charge in [-0.25, -0.2) is 4.39 Å². The molecule has 0 radical (unpaired) electrons. The van der Waals surface area contributed by atoms with Crippen molar-refractivity contribution in [3.8, 4) is 17.1 Å². The van der Waals surface area contributed by atoms with Crippen molar-refractivity contribution in [3.05, 3.63) is 30.2 Å². The van der Waals surface area contributed by atoms with Crippen molar-refractivity contribution in [2.75, 3.05) is 6.86 Å². The molecule has 2 N–H and O–H groups in total. The van der Waals surface area contributed by atoms with Crippen LogP contribution in [0.25, 0.3) is 11.4 Å². The van der Waals surface area contributed by atoms with Gasteiger partial charge < -0.3 is 15.0 Å². The molecule has 0 fully saturated rings. The van der Waals surface area contributed by atoms with Gasteiger partial charge in [0.15, 0.2) is 0 Å². The van der Waals surface area contributed by atoms with E-state index in [1.54, 1.807) is 31.2 Å². The molecule has 0 amide bonds. The van der Waals surface area contributed by atoms with Crippen LogP contribution >= 0.6 is 0 Å². The number of hydrogen-bond donors (Lipinski definition) is 1. The standard InChI is InChI=1S/C11H12FN3O2/c1-7(13)11-14-10(15-17-11)8-3-2-4-9(5-8)16-6-12/h2-5,7H,6,13H2,1H3/t7-/m0/s1. The highest BCUT2D eigenvalue weighted by Crippen LogP contribution is 2.22. The Balaban J connectivity index is 2.28. The molecule has 1 aromatic heterocycles. The van der Waals surface area contributed by atoms with Crippen molar-refractivity contribution in [2.45, 2.75) is 13.0 Å². The monoisotopic (exact) mass is 237 g/mol. The summed E-state index contributed by atoms with van der Waals surface area (Å²) >= 11 is 0. The van der Waals surface area contributed by atoms with E-state index >= 15 is 0 Å². The zero-order chi connectivity index (χ0) is 12.3. The second-order valence-electron chi connectivity index (χ2n) is 3.53. The molecule has 0 saturated heterocycles. The number of nitrogens with two attached hydrogens (primary N) is 1. The largest absolute Gasteiger partial charge is 0.463 e. The van der Waals surface area contributed by atoms with Crippen LogP contribution in [-0.4, -0.2) is 17.0 Å². The first-order valence-electron chi connectivity index (χ1n) is 5.09. The summed E-state index contributed by atoms with van der Waals surface area (Å²) in [5, 5.41) is 3.79. The van der Waals surface area contributed by atoms with Crippen molar-refractivity contribution in [3.63, 3.8) is 0 Å². The fourth-order valence-corrected chi connectivity index (χ4v) is 1.33. The first-order valence-corrected chi connectivity index (χ1v) is 5.09. The molecule has 0 bridgehead atoms. The Morgan fingerprint density at radius 3 is 3.00 bits per heavy atom. The highest BCUT2D eigenvalue weighted by molar-refractivity contribution is 5.56. The van der Waals surface area contributed by atoms with E-state index in [1.807, 2.05) is 0 Å². The molecule has 0 saturated carbocycles. The number of aromatic nitrogens is 2. The first-order chi connectivity index (χ1) is 8.20. The molecular formula is C11H12FN3O2. The van der Waals surface area contributed by atoms with Gasteiger partial charge in [-0.1, -0.05) is 17.3 Å². The van der Waals surface area contributed by atoms with Crippen LogP contribution in [0.15, 0.2) is 28.8 Å². The van der Waals surface area contributed by atoms with Gasteiger partial charge in [0.2, 0.25) is 18.6 Å². The van der Waals surface area contributed by atoms with E-state index in [1.165, 1.54) is 0 Å². The lowest BCUT2D eigenvalue weighted by molar-refractivity contribution is 0.192. The molecular weight excluding hydrogens is 225 g/mol. The lowest BCUT2D eigenvalue weighted by atomic mass is 10.2. The van der Waals surface area contributed by atoms with Gasteiger partial charge >= 0.3 is 0 Å². The van der Waals surface area contributed by atoms with E-state index in [9.17, 15) is 4.39 Å². The molecule has 17 heavy (non-hydrogen) atoms. The number of nitrogens with zero attached hydrogens (tertiary/aromatic N) is 2. The van der Waals surface area contributed by atoms with Gasteiger partial charge in [0, 0.05) is 5.56 Å². The van der Waals surface area contributed by atoms with Crippen molar-refractivity contribution >= 4 is 0 Å². The maximum atomic E-state index is 12.0. The molecule has 0 spiro atoms. The van der Waals surface area contributed by atoms with Crippen LogP contribution in [0.3, 0.4) is 0 Å². The average molecular weight is 237 g/mol. The number of alkyl halides is 1. The van der Waals surface area contributed by atoms with Crippen molar-refractivity contribution in [2.24, 2.45) is 5.73 Å². The minimum atomic E-state index is -0.874. The second kappa shape index (κ2) is 4.92. The molecule has 0 unspecified atom stereocenters. The van der Waals surface area contributed by atoms with Gasteiger partial charge in [-0.15, -0.1) is 0 Å². The van der Waals surface area contributed by atoms with E-state index < -0.39 is 6.86 Å². The van der Waals surface area contributed by atoms with Crippen LogP contribution in [-0.2, 0) is 0 Å². The van der Waals surface area contributed by atoms with Crippen molar-refractivity contribution < 1.29 is 13.7 Å². The van der Waals surface area contributed by atoms with Crippen molar-refractivity contribution in [1.82, 2.24) is 10.1 Å². The maximum Gasteiger partial charge on any atom is 0.243 e. The molecule has 5 nitrogen and oxygen atoms in total. The smallest absolute Gasteiger partial charge is 0.243 e. The number of rotatable bonds is 4. The third-order valence-corrected chi connectivity index (χ3v) is 2.14. The van der Waals surface area contributed by atoms with Gasteiger partial charge in [-0.2, -0.15) is 4.98 Å². The zero-order valence-corrected chi connectivity index (χ0v) is 9.26. The average Bonchev–Trinajstić information content (AvgIpc) is 2.79. The maximum absolute atomic E-state index is 12.0. The van der Waals surface area contributed by atoms with E-state index in [2.05, 4.69) is 10.1 Å². The minimum absolute atomic E-state index is 0.318. The lowest BCUT2D eigenvalue weighted by Gasteiger charge is -2.01. The van der Waals surface area contributed by atoms with Crippen molar-refractivity contribution in [1.29, 1.82) is 0 Å².